The van der Waals surface area contributed by atoms with Crippen LogP contribution >= 0.6 is 15.9 Å². The molecule has 3 nitrogen and oxygen atoms in total. The molecule has 0 spiro atoms. The predicted octanol–water partition coefficient (Wildman–Crippen LogP) is 4.26. The first-order valence-corrected chi connectivity index (χ1v) is 7.59. The molecule has 104 valence electrons. The van der Waals surface area contributed by atoms with Crippen LogP contribution in [0.3, 0.4) is 0 Å². The Kier molecular flexibility index (Phi) is 8.14. The van der Waals surface area contributed by atoms with Crippen molar-refractivity contribution in [2.75, 3.05) is 0 Å². The molecule has 0 unspecified atom stereocenters. The zero-order valence-corrected chi connectivity index (χ0v) is 12.9. The molecule has 0 aliphatic rings. The van der Waals surface area contributed by atoms with E-state index in [0.717, 1.165) is 22.9 Å². The summed E-state index contributed by atoms with van der Waals surface area (Å²) < 4.78 is 0.999. The van der Waals surface area contributed by atoms with Crippen LogP contribution < -0.4 is 5.43 Å². The van der Waals surface area contributed by atoms with E-state index < -0.39 is 0 Å². The first-order valence-electron chi connectivity index (χ1n) is 6.80. The number of hydrazone groups is 1. The van der Waals surface area contributed by atoms with Crippen LogP contribution in [0.5, 0.6) is 0 Å². The summed E-state index contributed by atoms with van der Waals surface area (Å²) in [5.74, 6) is -0.0113. The number of hydrogen-bond acceptors (Lipinski definition) is 2. The number of carbonyl (C=O) groups excluding carboxylic acids is 1. The molecule has 0 aliphatic heterocycles. The van der Waals surface area contributed by atoms with Crippen molar-refractivity contribution in [2.45, 2.75) is 45.4 Å². The largest absolute Gasteiger partial charge is 0.273 e. The molecule has 1 N–H and O–H groups in total. The average molecular weight is 325 g/mol. The Bertz CT molecular complexity index is 418. The lowest BCUT2D eigenvalue weighted by molar-refractivity contribution is -0.121. The van der Waals surface area contributed by atoms with E-state index in [9.17, 15) is 4.79 Å². The van der Waals surface area contributed by atoms with Gasteiger partial charge in [-0.15, -0.1) is 0 Å². The van der Waals surface area contributed by atoms with Gasteiger partial charge in [0.2, 0.25) is 5.91 Å². The van der Waals surface area contributed by atoms with Gasteiger partial charge in [-0.1, -0.05) is 60.7 Å². The molecule has 0 saturated carbocycles. The van der Waals surface area contributed by atoms with Crippen molar-refractivity contribution in [3.05, 3.63) is 34.3 Å². The molecule has 1 aromatic carbocycles. The second-order valence-corrected chi connectivity index (χ2v) is 5.43. The van der Waals surface area contributed by atoms with Crippen molar-refractivity contribution in [1.29, 1.82) is 0 Å². The zero-order valence-electron chi connectivity index (χ0n) is 11.4. The van der Waals surface area contributed by atoms with E-state index in [-0.39, 0.29) is 5.91 Å². The highest BCUT2D eigenvalue weighted by Crippen LogP contribution is 2.09. The second-order valence-electron chi connectivity index (χ2n) is 4.51. The maximum atomic E-state index is 11.5. The van der Waals surface area contributed by atoms with E-state index in [0.29, 0.717) is 6.42 Å². The van der Waals surface area contributed by atoms with E-state index in [1.54, 1.807) is 6.21 Å². The monoisotopic (exact) mass is 324 g/mol. The summed E-state index contributed by atoms with van der Waals surface area (Å²) in [5.41, 5.74) is 3.51. The molecule has 0 heterocycles. The van der Waals surface area contributed by atoms with Gasteiger partial charge in [-0.05, 0) is 24.1 Å². The Hall–Kier alpha value is -1.16. The van der Waals surface area contributed by atoms with Crippen LogP contribution in [0.4, 0.5) is 0 Å². The Morgan fingerprint density at radius 1 is 1.32 bits per heavy atom. The van der Waals surface area contributed by atoms with Crippen LogP contribution in [0.15, 0.2) is 33.8 Å². The van der Waals surface area contributed by atoms with Crippen LogP contribution in [-0.4, -0.2) is 12.1 Å². The average Bonchev–Trinajstić information content (AvgIpc) is 2.38. The molecule has 0 radical (unpaired) electrons. The van der Waals surface area contributed by atoms with E-state index in [1.807, 2.05) is 24.3 Å². The zero-order chi connectivity index (χ0) is 13.9. The molecule has 1 rings (SSSR count). The molecule has 0 atom stereocenters. The Morgan fingerprint density at radius 3 is 2.84 bits per heavy atom. The third-order valence-corrected chi connectivity index (χ3v) is 3.25. The van der Waals surface area contributed by atoms with Crippen molar-refractivity contribution in [3.63, 3.8) is 0 Å². The van der Waals surface area contributed by atoms with Crippen molar-refractivity contribution in [3.8, 4) is 0 Å². The fourth-order valence-electron chi connectivity index (χ4n) is 1.71. The Labute approximate surface area is 123 Å². The van der Waals surface area contributed by atoms with Crippen LogP contribution in [0.25, 0.3) is 0 Å². The van der Waals surface area contributed by atoms with Crippen LogP contribution in [0.2, 0.25) is 0 Å². The van der Waals surface area contributed by atoms with Crippen molar-refractivity contribution >= 4 is 28.1 Å². The Morgan fingerprint density at radius 2 is 2.11 bits per heavy atom. The normalized spacial score (nSPS) is 10.8. The lowest BCUT2D eigenvalue weighted by Crippen LogP contribution is -2.16. The predicted molar refractivity (Wildman–Crippen MR) is 83.3 cm³/mol. The minimum atomic E-state index is -0.0113. The van der Waals surface area contributed by atoms with Crippen molar-refractivity contribution in [2.24, 2.45) is 5.10 Å². The van der Waals surface area contributed by atoms with Crippen LogP contribution in [0, 0.1) is 0 Å². The first-order chi connectivity index (χ1) is 9.22. The maximum Gasteiger partial charge on any atom is 0.240 e. The lowest BCUT2D eigenvalue weighted by atomic mass is 10.1. The smallest absolute Gasteiger partial charge is 0.240 e. The number of halogens is 1. The van der Waals surface area contributed by atoms with Crippen LogP contribution in [-0.2, 0) is 4.79 Å². The van der Waals surface area contributed by atoms with Gasteiger partial charge in [0.15, 0.2) is 0 Å². The van der Waals surface area contributed by atoms with Gasteiger partial charge in [0.05, 0.1) is 6.21 Å². The fourth-order valence-corrected chi connectivity index (χ4v) is 2.13. The minimum Gasteiger partial charge on any atom is -0.273 e. The molecule has 1 amide bonds. The number of nitrogens with one attached hydrogen (secondary N) is 1. The van der Waals surface area contributed by atoms with Gasteiger partial charge in [-0.25, -0.2) is 5.43 Å². The highest BCUT2D eigenvalue weighted by Gasteiger charge is 1.98. The molecule has 0 aliphatic carbocycles. The van der Waals surface area contributed by atoms with Gasteiger partial charge in [0, 0.05) is 10.9 Å². The number of hydrogen-bond donors (Lipinski definition) is 1. The summed E-state index contributed by atoms with van der Waals surface area (Å²) in [5, 5.41) is 3.95. The van der Waals surface area contributed by atoms with Gasteiger partial charge >= 0.3 is 0 Å². The lowest BCUT2D eigenvalue weighted by Gasteiger charge is -2.00. The van der Waals surface area contributed by atoms with Crippen LogP contribution in [0.1, 0.15) is 51.0 Å². The number of rotatable bonds is 8. The van der Waals surface area contributed by atoms with Gasteiger partial charge in [0.1, 0.15) is 0 Å². The number of amides is 1. The molecule has 19 heavy (non-hydrogen) atoms. The highest BCUT2D eigenvalue weighted by molar-refractivity contribution is 9.10. The standard InChI is InChI=1S/C15H21BrN2O/c1-2-3-4-5-6-10-15(19)18-17-12-13-8-7-9-14(16)11-13/h7-9,11-12H,2-6,10H2,1H3,(H,18,19)/b17-12-. The second kappa shape index (κ2) is 9.73. The molecule has 0 saturated heterocycles. The van der Waals surface area contributed by atoms with Crippen molar-refractivity contribution < 1.29 is 4.79 Å². The van der Waals surface area contributed by atoms with Gasteiger partial charge in [-0.2, -0.15) is 5.10 Å². The summed E-state index contributed by atoms with van der Waals surface area (Å²) >= 11 is 3.39. The quantitative estimate of drug-likeness (QED) is 0.433. The molecular weight excluding hydrogens is 304 g/mol. The fraction of sp³-hybridized carbons (Fsp3) is 0.467. The molecular formula is C15H21BrN2O. The Balaban J connectivity index is 2.19. The van der Waals surface area contributed by atoms with Crippen molar-refractivity contribution in [1.82, 2.24) is 5.43 Å². The molecule has 0 aromatic heterocycles. The molecule has 0 bridgehead atoms. The van der Waals surface area contributed by atoms with E-state index in [1.165, 1.54) is 19.3 Å². The van der Waals surface area contributed by atoms with Gasteiger partial charge in [-0.3, -0.25) is 4.79 Å². The highest BCUT2D eigenvalue weighted by atomic mass is 79.9. The van der Waals surface area contributed by atoms with E-state index >= 15 is 0 Å². The summed E-state index contributed by atoms with van der Waals surface area (Å²) in [6, 6.07) is 7.76. The topological polar surface area (TPSA) is 41.5 Å². The third kappa shape index (κ3) is 7.78. The summed E-state index contributed by atoms with van der Waals surface area (Å²) in [4.78, 5) is 11.5. The summed E-state index contributed by atoms with van der Waals surface area (Å²) in [7, 11) is 0. The SMILES string of the molecule is CCCCCCCC(=O)N/N=C\c1cccc(Br)c1. The summed E-state index contributed by atoms with van der Waals surface area (Å²) in [6.45, 7) is 2.18. The maximum absolute atomic E-state index is 11.5. The van der Waals surface area contributed by atoms with Gasteiger partial charge < -0.3 is 0 Å². The number of benzene rings is 1. The first kappa shape index (κ1) is 15.9. The number of unbranched alkanes of at least 4 members (excludes halogenated alkanes) is 4. The summed E-state index contributed by atoms with van der Waals surface area (Å²) in [6.07, 6.45) is 7.96. The van der Waals surface area contributed by atoms with Gasteiger partial charge in [0.25, 0.3) is 0 Å². The molecule has 4 heteroatoms. The number of nitrogens with zero attached hydrogens (tertiary/aromatic N) is 1. The third-order valence-electron chi connectivity index (χ3n) is 2.76. The number of carbonyl (C=O) groups is 1. The van der Waals surface area contributed by atoms with E-state index in [2.05, 4.69) is 33.4 Å². The molecule has 0 fully saturated rings. The van der Waals surface area contributed by atoms with E-state index in [4.69, 9.17) is 0 Å². The molecule has 1 aromatic rings. The minimum absolute atomic E-state index is 0.0113.